The molecule has 0 bridgehead atoms. The van der Waals surface area contributed by atoms with E-state index in [1.807, 2.05) is 0 Å². The third-order valence-electron chi connectivity index (χ3n) is 2.61. The van der Waals surface area contributed by atoms with Crippen molar-refractivity contribution in [3.05, 3.63) is 0 Å². The lowest BCUT2D eigenvalue weighted by Crippen LogP contribution is -2.48. The summed E-state index contributed by atoms with van der Waals surface area (Å²) in [6, 6.07) is 2.83. The van der Waals surface area contributed by atoms with Gasteiger partial charge in [0.05, 0.1) is 18.7 Å². The smallest absolute Gasteiger partial charge is 0.0870 e. The molecule has 1 aliphatic rings. The van der Waals surface area contributed by atoms with Gasteiger partial charge in [-0.25, -0.2) is 0 Å². The van der Waals surface area contributed by atoms with Crippen molar-refractivity contribution in [3.8, 4) is 6.07 Å². The molecule has 12 heavy (non-hydrogen) atoms. The Balaban J connectivity index is 2.55. The molecule has 0 aromatic carbocycles. The molecule has 1 saturated heterocycles. The van der Waals surface area contributed by atoms with Gasteiger partial charge in [-0.15, -0.1) is 0 Å². The zero-order chi connectivity index (χ0) is 9.14. The summed E-state index contributed by atoms with van der Waals surface area (Å²) in [6.07, 6.45) is 1.42. The van der Waals surface area contributed by atoms with E-state index in [4.69, 9.17) is 5.26 Å². The van der Waals surface area contributed by atoms with Crippen molar-refractivity contribution in [2.45, 2.75) is 44.9 Å². The number of hydrogen-bond acceptors (Lipinski definition) is 3. The number of likely N-dealkylation sites (tertiary alicyclic amines) is 1. The van der Waals surface area contributed by atoms with Gasteiger partial charge in [0.25, 0.3) is 0 Å². The minimum Gasteiger partial charge on any atom is -0.393 e. The number of aliphatic hydroxyl groups is 1. The number of nitrogens with zero attached hydrogens (tertiary/aromatic N) is 2. The lowest BCUT2D eigenvalue weighted by molar-refractivity contribution is 0.0212. The molecular weight excluding hydrogens is 152 g/mol. The minimum absolute atomic E-state index is 0.176. The first-order chi connectivity index (χ1) is 5.65. The van der Waals surface area contributed by atoms with Crippen LogP contribution in [0.3, 0.4) is 0 Å². The molecule has 2 atom stereocenters. The predicted octanol–water partition coefficient (Wildman–Crippen LogP) is 0.744. The maximum absolute atomic E-state index is 9.43. The maximum atomic E-state index is 9.43. The van der Waals surface area contributed by atoms with E-state index >= 15 is 0 Å². The SMILES string of the molecule is CC1CC(O)CC(C)N1CC#N. The highest BCUT2D eigenvalue weighted by molar-refractivity contribution is 4.89. The quantitative estimate of drug-likeness (QED) is 0.587. The standard InChI is InChI=1S/C9H16N2O/c1-7-5-9(12)6-8(2)11(7)4-3-10/h7-9,12H,4-6H2,1-2H3. The summed E-state index contributed by atoms with van der Waals surface area (Å²) >= 11 is 0. The molecule has 1 heterocycles. The molecule has 1 rings (SSSR count). The third kappa shape index (κ3) is 1.96. The first-order valence-corrected chi connectivity index (χ1v) is 4.46. The second kappa shape index (κ2) is 3.88. The van der Waals surface area contributed by atoms with Crippen LogP contribution in [0.15, 0.2) is 0 Å². The summed E-state index contributed by atoms with van der Waals surface area (Å²) in [5, 5.41) is 18.0. The summed E-state index contributed by atoms with van der Waals surface area (Å²) < 4.78 is 0. The Bertz CT molecular complexity index is 175. The van der Waals surface area contributed by atoms with Crippen LogP contribution in [-0.2, 0) is 0 Å². The van der Waals surface area contributed by atoms with Crippen LogP contribution in [0.5, 0.6) is 0 Å². The van der Waals surface area contributed by atoms with Gasteiger partial charge in [-0.1, -0.05) is 0 Å². The Morgan fingerprint density at radius 2 is 1.92 bits per heavy atom. The van der Waals surface area contributed by atoms with Crippen LogP contribution in [0.25, 0.3) is 0 Å². The van der Waals surface area contributed by atoms with Gasteiger partial charge in [0, 0.05) is 12.1 Å². The summed E-state index contributed by atoms with van der Waals surface area (Å²) in [6.45, 7) is 4.61. The van der Waals surface area contributed by atoms with Gasteiger partial charge in [0.1, 0.15) is 0 Å². The first-order valence-electron chi connectivity index (χ1n) is 4.46. The van der Waals surface area contributed by atoms with Crippen LogP contribution in [0, 0.1) is 11.3 Å². The van der Waals surface area contributed by atoms with E-state index in [9.17, 15) is 5.11 Å². The largest absolute Gasteiger partial charge is 0.393 e. The van der Waals surface area contributed by atoms with Crippen LogP contribution in [-0.4, -0.2) is 34.7 Å². The molecule has 0 aliphatic carbocycles. The first kappa shape index (κ1) is 9.50. The van der Waals surface area contributed by atoms with Gasteiger partial charge in [-0.3, -0.25) is 4.90 Å². The number of hydrogen-bond donors (Lipinski definition) is 1. The Hall–Kier alpha value is -0.590. The van der Waals surface area contributed by atoms with Gasteiger partial charge in [0.15, 0.2) is 0 Å². The monoisotopic (exact) mass is 168 g/mol. The molecule has 1 aliphatic heterocycles. The normalized spacial score (nSPS) is 37.7. The van der Waals surface area contributed by atoms with Crippen LogP contribution >= 0.6 is 0 Å². The van der Waals surface area contributed by atoms with E-state index in [-0.39, 0.29) is 6.10 Å². The Kier molecular flexibility index (Phi) is 3.07. The summed E-state index contributed by atoms with van der Waals surface area (Å²) in [4.78, 5) is 2.15. The summed E-state index contributed by atoms with van der Waals surface area (Å²) in [5.74, 6) is 0. The molecule has 0 amide bonds. The van der Waals surface area contributed by atoms with Crippen molar-refractivity contribution < 1.29 is 5.11 Å². The average molecular weight is 168 g/mol. The molecule has 0 aromatic rings. The fourth-order valence-electron chi connectivity index (χ4n) is 1.98. The zero-order valence-electron chi connectivity index (χ0n) is 7.70. The summed E-state index contributed by atoms with van der Waals surface area (Å²) in [7, 11) is 0. The molecular formula is C9H16N2O. The lowest BCUT2D eigenvalue weighted by Gasteiger charge is -2.39. The van der Waals surface area contributed by atoms with Gasteiger partial charge in [-0.05, 0) is 26.7 Å². The van der Waals surface area contributed by atoms with Crippen molar-refractivity contribution in [1.29, 1.82) is 5.26 Å². The van der Waals surface area contributed by atoms with Gasteiger partial charge >= 0.3 is 0 Å². The zero-order valence-corrected chi connectivity index (χ0v) is 7.70. The Morgan fingerprint density at radius 1 is 1.42 bits per heavy atom. The fourth-order valence-corrected chi connectivity index (χ4v) is 1.98. The van der Waals surface area contributed by atoms with E-state index in [1.165, 1.54) is 0 Å². The third-order valence-corrected chi connectivity index (χ3v) is 2.61. The highest BCUT2D eigenvalue weighted by Crippen LogP contribution is 2.22. The van der Waals surface area contributed by atoms with Crippen molar-refractivity contribution in [2.75, 3.05) is 6.54 Å². The van der Waals surface area contributed by atoms with Crippen LogP contribution in [0.1, 0.15) is 26.7 Å². The van der Waals surface area contributed by atoms with Crippen molar-refractivity contribution in [3.63, 3.8) is 0 Å². The molecule has 3 nitrogen and oxygen atoms in total. The summed E-state index contributed by atoms with van der Waals surface area (Å²) in [5.41, 5.74) is 0. The molecule has 2 unspecified atom stereocenters. The van der Waals surface area contributed by atoms with Crippen LogP contribution < -0.4 is 0 Å². The van der Waals surface area contributed by atoms with E-state index in [0.717, 1.165) is 12.8 Å². The number of rotatable bonds is 1. The number of aliphatic hydroxyl groups excluding tert-OH is 1. The van der Waals surface area contributed by atoms with Gasteiger partial charge < -0.3 is 5.11 Å². The van der Waals surface area contributed by atoms with Gasteiger partial charge in [-0.2, -0.15) is 5.26 Å². The highest BCUT2D eigenvalue weighted by Gasteiger charge is 2.29. The van der Waals surface area contributed by atoms with E-state index in [1.54, 1.807) is 0 Å². The maximum Gasteiger partial charge on any atom is 0.0870 e. The van der Waals surface area contributed by atoms with E-state index in [0.29, 0.717) is 18.6 Å². The Labute approximate surface area is 73.6 Å². The van der Waals surface area contributed by atoms with Crippen molar-refractivity contribution >= 4 is 0 Å². The van der Waals surface area contributed by atoms with Crippen molar-refractivity contribution in [2.24, 2.45) is 0 Å². The highest BCUT2D eigenvalue weighted by atomic mass is 16.3. The lowest BCUT2D eigenvalue weighted by atomic mass is 9.95. The number of nitriles is 1. The van der Waals surface area contributed by atoms with Crippen LogP contribution in [0.2, 0.25) is 0 Å². The second-order valence-electron chi connectivity index (χ2n) is 3.65. The van der Waals surface area contributed by atoms with E-state index in [2.05, 4.69) is 24.8 Å². The molecule has 1 fully saturated rings. The van der Waals surface area contributed by atoms with Crippen molar-refractivity contribution in [1.82, 2.24) is 4.90 Å². The van der Waals surface area contributed by atoms with E-state index < -0.39 is 0 Å². The molecule has 1 N–H and O–H groups in total. The molecule has 0 spiro atoms. The van der Waals surface area contributed by atoms with Gasteiger partial charge in [0.2, 0.25) is 0 Å². The Morgan fingerprint density at radius 3 is 2.33 bits per heavy atom. The molecule has 0 radical (unpaired) electrons. The molecule has 0 saturated carbocycles. The molecule has 0 aromatic heterocycles. The average Bonchev–Trinajstić information content (AvgIpc) is 1.96. The van der Waals surface area contributed by atoms with Crippen LogP contribution in [0.4, 0.5) is 0 Å². The fraction of sp³-hybridized carbons (Fsp3) is 0.889. The minimum atomic E-state index is -0.176. The number of piperidine rings is 1. The topological polar surface area (TPSA) is 47.3 Å². The predicted molar refractivity (Wildman–Crippen MR) is 46.5 cm³/mol. The molecule has 3 heteroatoms. The second-order valence-corrected chi connectivity index (χ2v) is 3.65. The molecule has 68 valence electrons.